The van der Waals surface area contributed by atoms with E-state index in [9.17, 15) is 4.79 Å². The number of nitrogens with two attached hydrogens (primary N) is 1. The fourth-order valence-corrected chi connectivity index (χ4v) is 2.38. The Hall–Kier alpha value is -1.66. The van der Waals surface area contributed by atoms with Crippen molar-refractivity contribution < 1.29 is 4.79 Å². The van der Waals surface area contributed by atoms with E-state index in [0.29, 0.717) is 11.4 Å². The fourth-order valence-electron chi connectivity index (χ4n) is 2.38. The maximum Gasteiger partial charge on any atom is 0.272 e. The summed E-state index contributed by atoms with van der Waals surface area (Å²) in [5.74, 6) is 5.32. The van der Waals surface area contributed by atoms with Gasteiger partial charge in [0.1, 0.15) is 5.69 Å². The summed E-state index contributed by atoms with van der Waals surface area (Å²) in [5, 5.41) is 0. The number of pyridine rings is 1. The van der Waals surface area contributed by atoms with Crippen LogP contribution in [0, 0.1) is 0 Å². The Morgan fingerprint density at radius 1 is 1.30 bits per heavy atom. The highest BCUT2D eigenvalue weighted by Gasteiger charge is 2.28. The molecule has 1 aromatic heterocycles. The molecular formula is C14H23N5O. The van der Waals surface area contributed by atoms with Gasteiger partial charge in [-0.1, -0.05) is 0 Å². The highest BCUT2D eigenvalue weighted by Crippen LogP contribution is 2.17. The molecule has 1 saturated heterocycles. The van der Waals surface area contributed by atoms with Gasteiger partial charge in [-0.25, -0.2) is 0 Å². The van der Waals surface area contributed by atoms with Gasteiger partial charge in [0, 0.05) is 37.9 Å². The standard InChI is InChI=1S/C14H23N5O/c1-14(2,3)19-8-6-18(7-9-19)13(20)12-10-11(17-15)4-5-16-12/h4-5,10H,6-9,15H2,1-3H3,(H,16,17). The van der Waals surface area contributed by atoms with Crippen molar-refractivity contribution in [3.05, 3.63) is 24.0 Å². The van der Waals surface area contributed by atoms with Gasteiger partial charge >= 0.3 is 0 Å². The van der Waals surface area contributed by atoms with Crippen LogP contribution in [0.3, 0.4) is 0 Å². The van der Waals surface area contributed by atoms with Crippen molar-refractivity contribution in [1.29, 1.82) is 0 Å². The van der Waals surface area contributed by atoms with E-state index in [4.69, 9.17) is 5.84 Å². The first kappa shape index (κ1) is 14.7. The molecule has 0 saturated carbocycles. The summed E-state index contributed by atoms with van der Waals surface area (Å²) in [5.41, 5.74) is 3.81. The van der Waals surface area contributed by atoms with Crippen LogP contribution >= 0.6 is 0 Å². The quantitative estimate of drug-likeness (QED) is 0.621. The minimum Gasteiger partial charge on any atom is -0.335 e. The van der Waals surface area contributed by atoms with Crippen LogP contribution in [0.1, 0.15) is 31.3 Å². The van der Waals surface area contributed by atoms with Gasteiger partial charge in [0.2, 0.25) is 0 Å². The van der Waals surface area contributed by atoms with E-state index in [1.54, 1.807) is 18.3 Å². The number of hydrogen-bond donors (Lipinski definition) is 2. The molecule has 110 valence electrons. The Labute approximate surface area is 119 Å². The second kappa shape index (κ2) is 5.76. The molecular weight excluding hydrogens is 254 g/mol. The predicted octanol–water partition coefficient (Wildman–Crippen LogP) is 0.924. The van der Waals surface area contributed by atoms with Gasteiger partial charge < -0.3 is 10.3 Å². The largest absolute Gasteiger partial charge is 0.335 e. The number of carbonyl (C=O) groups is 1. The number of nitrogen functional groups attached to an aromatic ring is 1. The van der Waals surface area contributed by atoms with E-state index in [1.807, 2.05) is 4.90 Å². The number of rotatable bonds is 2. The number of hydrogen-bond acceptors (Lipinski definition) is 5. The van der Waals surface area contributed by atoms with Crippen molar-refractivity contribution in [1.82, 2.24) is 14.8 Å². The normalized spacial score (nSPS) is 17.1. The van der Waals surface area contributed by atoms with Gasteiger partial charge in [-0.3, -0.25) is 20.5 Å². The molecule has 0 spiro atoms. The minimum atomic E-state index is -0.0318. The fraction of sp³-hybridized carbons (Fsp3) is 0.571. The second-order valence-corrected chi connectivity index (χ2v) is 6.02. The summed E-state index contributed by atoms with van der Waals surface area (Å²) < 4.78 is 0. The Kier molecular flexibility index (Phi) is 4.25. The number of anilines is 1. The van der Waals surface area contributed by atoms with E-state index >= 15 is 0 Å². The zero-order chi connectivity index (χ0) is 14.8. The molecule has 2 rings (SSSR count). The molecule has 1 aromatic rings. The molecule has 20 heavy (non-hydrogen) atoms. The average molecular weight is 277 g/mol. The summed E-state index contributed by atoms with van der Waals surface area (Å²) in [6.07, 6.45) is 1.59. The minimum absolute atomic E-state index is 0.0318. The van der Waals surface area contributed by atoms with Crippen LogP contribution < -0.4 is 11.3 Å². The Balaban J connectivity index is 2.01. The summed E-state index contributed by atoms with van der Waals surface area (Å²) in [7, 11) is 0. The van der Waals surface area contributed by atoms with Crippen molar-refractivity contribution in [2.45, 2.75) is 26.3 Å². The van der Waals surface area contributed by atoms with Gasteiger partial charge in [-0.05, 0) is 32.9 Å². The van der Waals surface area contributed by atoms with E-state index in [-0.39, 0.29) is 11.4 Å². The van der Waals surface area contributed by atoms with E-state index in [2.05, 4.69) is 36.1 Å². The van der Waals surface area contributed by atoms with Gasteiger partial charge in [-0.2, -0.15) is 0 Å². The molecule has 0 aliphatic carbocycles. The molecule has 0 bridgehead atoms. The second-order valence-electron chi connectivity index (χ2n) is 6.02. The first-order valence-corrected chi connectivity index (χ1v) is 6.89. The first-order chi connectivity index (χ1) is 9.41. The number of amides is 1. The lowest BCUT2D eigenvalue weighted by Gasteiger charge is -2.42. The highest BCUT2D eigenvalue weighted by atomic mass is 16.2. The van der Waals surface area contributed by atoms with Crippen LogP contribution in [0.4, 0.5) is 5.69 Å². The molecule has 6 heteroatoms. The third-order valence-electron chi connectivity index (χ3n) is 3.66. The monoisotopic (exact) mass is 277 g/mol. The van der Waals surface area contributed by atoms with Gasteiger partial charge in [0.15, 0.2) is 0 Å². The zero-order valence-corrected chi connectivity index (χ0v) is 12.4. The molecule has 3 N–H and O–H groups in total. The van der Waals surface area contributed by atoms with Crippen LogP contribution in [0.5, 0.6) is 0 Å². The summed E-state index contributed by atoms with van der Waals surface area (Å²) in [4.78, 5) is 20.8. The molecule has 1 amide bonds. The Morgan fingerprint density at radius 3 is 2.50 bits per heavy atom. The lowest BCUT2D eigenvalue weighted by Crippen LogP contribution is -2.54. The van der Waals surface area contributed by atoms with Crippen molar-refractivity contribution in [2.24, 2.45) is 5.84 Å². The molecule has 2 heterocycles. The molecule has 0 unspecified atom stereocenters. The van der Waals surface area contributed by atoms with Crippen molar-refractivity contribution >= 4 is 11.6 Å². The van der Waals surface area contributed by atoms with E-state index in [0.717, 1.165) is 26.2 Å². The number of nitrogens with one attached hydrogen (secondary N) is 1. The highest BCUT2D eigenvalue weighted by molar-refractivity contribution is 5.93. The summed E-state index contributed by atoms with van der Waals surface area (Å²) in [6, 6.07) is 3.41. The molecule has 6 nitrogen and oxygen atoms in total. The number of piperazine rings is 1. The smallest absolute Gasteiger partial charge is 0.272 e. The zero-order valence-electron chi connectivity index (χ0n) is 12.4. The lowest BCUT2D eigenvalue weighted by molar-refractivity contribution is 0.0447. The molecule has 0 atom stereocenters. The van der Waals surface area contributed by atoms with E-state index < -0.39 is 0 Å². The molecule has 0 aromatic carbocycles. The summed E-state index contributed by atoms with van der Waals surface area (Å²) >= 11 is 0. The first-order valence-electron chi connectivity index (χ1n) is 6.89. The topological polar surface area (TPSA) is 74.5 Å². The predicted molar refractivity (Wildman–Crippen MR) is 79.3 cm³/mol. The van der Waals surface area contributed by atoms with Gasteiger partial charge in [0.05, 0.1) is 5.69 Å². The lowest BCUT2D eigenvalue weighted by atomic mass is 10.0. The molecule has 1 aliphatic rings. The summed E-state index contributed by atoms with van der Waals surface area (Å²) in [6.45, 7) is 9.84. The maximum atomic E-state index is 12.4. The Morgan fingerprint density at radius 2 is 1.95 bits per heavy atom. The number of carbonyl (C=O) groups excluding carboxylic acids is 1. The number of hydrazine groups is 1. The SMILES string of the molecule is CC(C)(C)N1CCN(C(=O)c2cc(NN)ccn2)CC1. The number of nitrogens with zero attached hydrogens (tertiary/aromatic N) is 3. The Bertz CT molecular complexity index is 475. The molecule has 0 radical (unpaired) electrons. The molecule has 1 aliphatic heterocycles. The van der Waals surface area contributed by atoms with Crippen molar-refractivity contribution in [2.75, 3.05) is 31.6 Å². The maximum absolute atomic E-state index is 12.4. The van der Waals surface area contributed by atoms with Crippen LogP contribution in [0.2, 0.25) is 0 Å². The third-order valence-corrected chi connectivity index (χ3v) is 3.66. The van der Waals surface area contributed by atoms with Crippen LogP contribution in [-0.2, 0) is 0 Å². The average Bonchev–Trinajstić information content (AvgIpc) is 2.46. The molecule has 1 fully saturated rings. The van der Waals surface area contributed by atoms with E-state index in [1.165, 1.54) is 0 Å². The van der Waals surface area contributed by atoms with Gasteiger partial charge in [-0.15, -0.1) is 0 Å². The number of aromatic nitrogens is 1. The van der Waals surface area contributed by atoms with Crippen molar-refractivity contribution in [3.8, 4) is 0 Å². The third kappa shape index (κ3) is 3.26. The van der Waals surface area contributed by atoms with Crippen molar-refractivity contribution in [3.63, 3.8) is 0 Å². The van der Waals surface area contributed by atoms with Crippen LogP contribution in [-0.4, -0.2) is 52.4 Å². The van der Waals surface area contributed by atoms with Gasteiger partial charge in [0.25, 0.3) is 5.91 Å². The van der Waals surface area contributed by atoms with Crippen LogP contribution in [0.25, 0.3) is 0 Å². The van der Waals surface area contributed by atoms with Crippen LogP contribution in [0.15, 0.2) is 18.3 Å².